The highest BCUT2D eigenvalue weighted by atomic mass is 35.5. The van der Waals surface area contributed by atoms with Crippen molar-refractivity contribution in [2.45, 2.75) is 44.3 Å². The molecule has 1 aliphatic heterocycles. The van der Waals surface area contributed by atoms with Crippen LogP contribution in [0, 0.1) is 5.92 Å². The second-order valence-electron chi connectivity index (χ2n) is 8.62. The summed E-state index contributed by atoms with van der Waals surface area (Å²) in [5, 5.41) is 4.24. The third kappa shape index (κ3) is 5.50. The van der Waals surface area contributed by atoms with Crippen LogP contribution < -0.4 is 10.0 Å². The predicted octanol–water partition coefficient (Wildman–Crippen LogP) is 4.60. The minimum Gasteiger partial charge on any atom is -0.302 e. The fourth-order valence-corrected chi connectivity index (χ4v) is 6.09. The third-order valence-corrected chi connectivity index (χ3v) is 8.45. The number of rotatable bonds is 8. The highest BCUT2D eigenvalue weighted by molar-refractivity contribution is 7.89. The number of hydrogen-bond acceptors (Lipinski definition) is 6. The molecule has 2 N–H and O–H groups in total. The number of fused-ring (bicyclic) bond motifs is 1. The number of carbonyl (C=O) groups is 1. The van der Waals surface area contributed by atoms with E-state index in [2.05, 4.69) is 28.8 Å². The molecule has 4 rings (SSSR count). The van der Waals surface area contributed by atoms with E-state index in [1.807, 2.05) is 24.3 Å². The van der Waals surface area contributed by atoms with E-state index < -0.39 is 10.0 Å². The van der Waals surface area contributed by atoms with Crippen molar-refractivity contribution in [2.75, 3.05) is 12.4 Å². The average molecular weight is 519 g/mol. The van der Waals surface area contributed by atoms with Crippen LogP contribution in [0.4, 0.5) is 5.13 Å². The van der Waals surface area contributed by atoms with Gasteiger partial charge in [-0.15, -0.1) is 11.3 Å². The van der Waals surface area contributed by atoms with Gasteiger partial charge in [0.2, 0.25) is 15.9 Å². The van der Waals surface area contributed by atoms with Gasteiger partial charge in [0, 0.05) is 23.0 Å². The predicted molar refractivity (Wildman–Crippen MR) is 135 cm³/mol. The van der Waals surface area contributed by atoms with Crippen LogP contribution in [0.2, 0.25) is 5.02 Å². The Hall–Kier alpha value is -2.30. The summed E-state index contributed by atoms with van der Waals surface area (Å²) >= 11 is 7.53. The van der Waals surface area contributed by atoms with Crippen LogP contribution in [0.3, 0.4) is 0 Å². The summed E-state index contributed by atoms with van der Waals surface area (Å²) in [5.41, 5.74) is 2.96. The number of nitrogens with one attached hydrogen (secondary N) is 2. The molecule has 1 atom stereocenters. The van der Waals surface area contributed by atoms with Crippen molar-refractivity contribution in [1.29, 1.82) is 0 Å². The first-order chi connectivity index (χ1) is 16.2. The van der Waals surface area contributed by atoms with E-state index in [0.29, 0.717) is 11.0 Å². The molecular formula is C24H27ClN4O3S2. The highest BCUT2D eigenvalue weighted by Gasteiger charge is 2.36. The Labute approximate surface area is 209 Å². The first-order valence-corrected chi connectivity index (χ1v) is 13.6. The van der Waals surface area contributed by atoms with Crippen molar-refractivity contribution in [2.24, 2.45) is 5.92 Å². The van der Waals surface area contributed by atoms with Crippen molar-refractivity contribution in [3.63, 3.8) is 0 Å². The zero-order valence-electron chi connectivity index (χ0n) is 19.2. The van der Waals surface area contributed by atoms with Gasteiger partial charge in [0.25, 0.3) is 0 Å². The van der Waals surface area contributed by atoms with Crippen LogP contribution in [-0.2, 0) is 34.3 Å². The number of halogens is 1. The summed E-state index contributed by atoms with van der Waals surface area (Å²) in [6, 6.07) is 14.4. The zero-order chi connectivity index (χ0) is 24.5. The van der Waals surface area contributed by atoms with Gasteiger partial charge in [-0.1, -0.05) is 49.7 Å². The molecule has 2 heterocycles. The molecule has 180 valence electrons. The fourth-order valence-electron chi connectivity index (χ4n) is 4.19. The van der Waals surface area contributed by atoms with Crippen LogP contribution >= 0.6 is 22.9 Å². The molecule has 2 aromatic carbocycles. The smallest absolute Gasteiger partial charge is 0.240 e. The summed E-state index contributed by atoms with van der Waals surface area (Å²) in [4.78, 5) is 21.1. The van der Waals surface area contributed by atoms with Crippen LogP contribution in [0.25, 0.3) is 0 Å². The first kappa shape index (κ1) is 24.8. The normalized spacial score (nSPS) is 16.1. The molecule has 0 unspecified atom stereocenters. The molecule has 34 heavy (non-hydrogen) atoms. The van der Waals surface area contributed by atoms with E-state index in [1.165, 1.54) is 41.0 Å². The van der Waals surface area contributed by atoms with Crippen molar-refractivity contribution in [3.05, 3.63) is 75.3 Å². The van der Waals surface area contributed by atoms with Gasteiger partial charge in [0.15, 0.2) is 5.13 Å². The van der Waals surface area contributed by atoms with E-state index in [9.17, 15) is 13.2 Å². The highest BCUT2D eigenvalue weighted by Crippen LogP contribution is 2.43. The van der Waals surface area contributed by atoms with Crippen LogP contribution in [0.1, 0.15) is 41.6 Å². The van der Waals surface area contributed by atoms with Gasteiger partial charge in [-0.2, -0.15) is 0 Å². The van der Waals surface area contributed by atoms with Crippen molar-refractivity contribution < 1.29 is 13.2 Å². The number of sulfonamides is 1. The quantitative estimate of drug-likeness (QED) is 0.455. The number of carbonyl (C=O) groups excluding carboxylic acids is 1. The molecule has 0 bridgehead atoms. The molecule has 1 amide bonds. The SMILES string of the molecule is CNS(=O)(=O)c1ccc(CC(=O)Nc2nc3c(s2)CN(Cc2ccc(Cl)cc2)[C@H]3C(C)C)cc1. The molecule has 0 saturated carbocycles. The van der Waals surface area contributed by atoms with Gasteiger partial charge in [-0.3, -0.25) is 9.69 Å². The van der Waals surface area contributed by atoms with Crippen LogP contribution in [0.15, 0.2) is 53.4 Å². The van der Waals surface area contributed by atoms with Crippen molar-refractivity contribution in [3.8, 4) is 0 Å². The Morgan fingerprint density at radius 2 is 1.79 bits per heavy atom. The molecule has 3 aromatic rings. The summed E-state index contributed by atoms with van der Waals surface area (Å²) < 4.78 is 26.0. The topological polar surface area (TPSA) is 91.4 Å². The lowest BCUT2D eigenvalue weighted by atomic mass is 10.0. The summed E-state index contributed by atoms with van der Waals surface area (Å²) in [6.07, 6.45) is 0.139. The van der Waals surface area contributed by atoms with Crippen molar-refractivity contribution in [1.82, 2.24) is 14.6 Å². The van der Waals surface area contributed by atoms with Gasteiger partial charge in [-0.25, -0.2) is 18.1 Å². The third-order valence-electron chi connectivity index (χ3n) is 5.79. The molecule has 7 nitrogen and oxygen atoms in total. The van der Waals surface area contributed by atoms with Gasteiger partial charge in [0.1, 0.15) is 0 Å². The largest absolute Gasteiger partial charge is 0.302 e. The Bertz CT molecular complexity index is 1270. The first-order valence-electron chi connectivity index (χ1n) is 11.0. The molecule has 0 aliphatic carbocycles. The number of thiazole rings is 1. The molecule has 0 spiro atoms. The monoisotopic (exact) mass is 518 g/mol. The van der Waals surface area contributed by atoms with E-state index >= 15 is 0 Å². The molecule has 10 heteroatoms. The number of anilines is 1. The molecule has 1 aliphatic rings. The summed E-state index contributed by atoms with van der Waals surface area (Å²) in [5.74, 6) is 0.183. The Balaban J connectivity index is 1.41. The maximum atomic E-state index is 12.6. The number of aromatic nitrogens is 1. The van der Waals surface area contributed by atoms with Gasteiger partial charge in [0.05, 0.1) is 23.1 Å². The number of benzene rings is 2. The second kappa shape index (κ2) is 10.1. The maximum Gasteiger partial charge on any atom is 0.240 e. The molecular weight excluding hydrogens is 492 g/mol. The standard InChI is InChI=1S/C24H27ClN4O3S2/c1-15(2)23-22-20(14-29(23)13-17-4-8-18(25)9-5-17)33-24(28-22)27-21(30)12-16-6-10-19(11-7-16)34(31,32)26-3/h4-11,15,23,26H,12-14H2,1-3H3,(H,27,28,30)/t23-/m0/s1. The van der Waals surface area contributed by atoms with Gasteiger partial charge < -0.3 is 5.32 Å². The lowest BCUT2D eigenvalue weighted by Gasteiger charge is -2.27. The zero-order valence-corrected chi connectivity index (χ0v) is 21.6. The Morgan fingerprint density at radius 1 is 1.15 bits per heavy atom. The molecule has 0 saturated heterocycles. The van der Waals surface area contributed by atoms with Crippen LogP contribution in [0.5, 0.6) is 0 Å². The second-order valence-corrected chi connectivity index (χ2v) is 12.0. The average Bonchev–Trinajstić information content (AvgIpc) is 3.31. The Kier molecular flexibility index (Phi) is 7.39. The molecule has 1 aromatic heterocycles. The minimum absolute atomic E-state index is 0.139. The number of hydrogen-bond donors (Lipinski definition) is 2. The lowest BCUT2D eigenvalue weighted by molar-refractivity contribution is -0.115. The minimum atomic E-state index is -3.50. The van der Waals surface area contributed by atoms with Gasteiger partial charge >= 0.3 is 0 Å². The summed E-state index contributed by atoms with van der Waals surface area (Å²) in [6.45, 7) is 5.97. The van der Waals surface area contributed by atoms with Crippen LogP contribution in [-0.4, -0.2) is 31.3 Å². The van der Waals surface area contributed by atoms with E-state index in [4.69, 9.17) is 16.6 Å². The molecule has 0 fully saturated rings. The van der Waals surface area contributed by atoms with E-state index in [1.54, 1.807) is 12.1 Å². The van der Waals surface area contributed by atoms with Crippen molar-refractivity contribution >= 4 is 44.0 Å². The fraction of sp³-hybridized carbons (Fsp3) is 0.333. The molecule has 0 radical (unpaired) electrons. The van der Waals surface area contributed by atoms with E-state index in [0.717, 1.165) is 29.4 Å². The summed E-state index contributed by atoms with van der Waals surface area (Å²) in [7, 11) is -2.13. The van der Waals surface area contributed by atoms with E-state index in [-0.39, 0.29) is 23.3 Å². The number of amides is 1. The Morgan fingerprint density at radius 3 is 2.41 bits per heavy atom. The maximum absolute atomic E-state index is 12.6. The number of nitrogens with zero attached hydrogens (tertiary/aromatic N) is 2. The lowest BCUT2D eigenvalue weighted by Crippen LogP contribution is -2.26. The van der Waals surface area contributed by atoms with Gasteiger partial charge in [-0.05, 0) is 48.4 Å².